The zero-order chi connectivity index (χ0) is 12.8. The Kier molecular flexibility index (Phi) is 5.48. The molecule has 0 radical (unpaired) electrons. The Morgan fingerprint density at radius 2 is 2.28 bits per heavy atom. The number of rotatable bonds is 5. The van der Waals surface area contributed by atoms with E-state index in [9.17, 15) is 0 Å². The Morgan fingerprint density at radius 3 is 3.00 bits per heavy atom. The van der Waals surface area contributed by atoms with Crippen LogP contribution in [0.15, 0.2) is 24.3 Å². The molecular formula is C15H22ClNO. The van der Waals surface area contributed by atoms with E-state index in [1.807, 2.05) is 18.2 Å². The molecule has 0 bridgehead atoms. The van der Waals surface area contributed by atoms with Crippen molar-refractivity contribution in [3.05, 3.63) is 34.9 Å². The second kappa shape index (κ2) is 7.13. The van der Waals surface area contributed by atoms with Gasteiger partial charge < -0.3 is 10.5 Å². The van der Waals surface area contributed by atoms with Gasteiger partial charge in [0.1, 0.15) is 0 Å². The van der Waals surface area contributed by atoms with Gasteiger partial charge in [0.25, 0.3) is 0 Å². The van der Waals surface area contributed by atoms with Crippen LogP contribution in [0.5, 0.6) is 0 Å². The number of nitrogens with two attached hydrogens (primary N) is 1. The highest BCUT2D eigenvalue weighted by atomic mass is 35.5. The quantitative estimate of drug-likeness (QED) is 0.885. The number of halogens is 1. The summed E-state index contributed by atoms with van der Waals surface area (Å²) in [6.07, 6.45) is 7.15. The van der Waals surface area contributed by atoms with E-state index in [1.165, 1.54) is 24.8 Å². The van der Waals surface area contributed by atoms with Crippen LogP contribution < -0.4 is 5.73 Å². The lowest BCUT2D eigenvalue weighted by Gasteiger charge is -2.23. The monoisotopic (exact) mass is 267 g/mol. The molecule has 1 aliphatic heterocycles. The van der Waals surface area contributed by atoms with Gasteiger partial charge >= 0.3 is 0 Å². The summed E-state index contributed by atoms with van der Waals surface area (Å²) in [6, 6.07) is 8.16. The molecule has 1 fully saturated rings. The first kappa shape index (κ1) is 13.9. The van der Waals surface area contributed by atoms with E-state index in [0.717, 1.165) is 30.9 Å². The Hall–Kier alpha value is -0.570. The first-order valence-electron chi connectivity index (χ1n) is 6.85. The first-order chi connectivity index (χ1) is 8.74. The molecule has 2 nitrogen and oxygen atoms in total. The first-order valence-corrected chi connectivity index (χ1v) is 7.23. The summed E-state index contributed by atoms with van der Waals surface area (Å²) in [5.74, 6) is 0. The van der Waals surface area contributed by atoms with Gasteiger partial charge in [-0.15, -0.1) is 0 Å². The van der Waals surface area contributed by atoms with Crippen LogP contribution in [0.4, 0.5) is 0 Å². The number of ether oxygens (including phenoxy) is 1. The maximum absolute atomic E-state index is 6.17. The largest absolute Gasteiger partial charge is 0.378 e. The molecule has 18 heavy (non-hydrogen) atoms. The van der Waals surface area contributed by atoms with E-state index in [0.29, 0.717) is 6.10 Å². The lowest BCUT2D eigenvalue weighted by atomic mass is 9.98. The SMILES string of the molecule is NC(CCC1CCCCO1)Cc1cccc(Cl)c1. The van der Waals surface area contributed by atoms with E-state index in [-0.39, 0.29) is 6.04 Å². The number of hydrogen-bond donors (Lipinski definition) is 1. The molecule has 0 saturated carbocycles. The van der Waals surface area contributed by atoms with Crippen molar-refractivity contribution < 1.29 is 4.74 Å². The van der Waals surface area contributed by atoms with Gasteiger partial charge in [0.05, 0.1) is 6.10 Å². The summed E-state index contributed by atoms with van der Waals surface area (Å²) in [5.41, 5.74) is 7.40. The molecule has 0 amide bonds. The van der Waals surface area contributed by atoms with Crippen molar-refractivity contribution in [3.63, 3.8) is 0 Å². The highest BCUT2D eigenvalue weighted by molar-refractivity contribution is 6.30. The zero-order valence-electron chi connectivity index (χ0n) is 10.8. The van der Waals surface area contributed by atoms with Crippen LogP contribution in [0, 0.1) is 0 Å². The maximum Gasteiger partial charge on any atom is 0.0575 e. The average molecular weight is 268 g/mol. The van der Waals surface area contributed by atoms with Gasteiger partial charge in [-0.05, 0) is 56.2 Å². The van der Waals surface area contributed by atoms with Crippen LogP contribution >= 0.6 is 11.6 Å². The smallest absolute Gasteiger partial charge is 0.0575 e. The molecule has 1 aromatic rings. The van der Waals surface area contributed by atoms with Crippen LogP contribution in [0.1, 0.15) is 37.7 Å². The maximum atomic E-state index is 6.17. The molecular weight excluding hydrogens is 246 g/mol. The highest BCUT2D eigenvalue weighted by Crippen LogP contribution is 2.19. The molecule has 1 aliphatic rings. The van der Waals surface area contributed by atoms with Crippen molar-refractivity contribution in [1.29, 1.82) is 0 Å². The third-order valence-corrected chi connectivity index (χ3v) is 3.76. The molecule has 2 atom stereocenters. The van der Waals surface area contributed by atoms with Gasteiger partial charge in [0.2, 0.25) is 0 Å². The molecule has 2 rings (SSSR count). The second-order valence-electron chi connectivity index (χ2n) is 5.16. The number of benzene rings is 1. The normalized spacial score (nSPS) is 21.8. The molecule has 0 spiro atoms. The van der Waals surface area contributed by atoms with E-state index >= 15 is 0 Å². The fourth-order valence-electron chi connectivity index (χ4n) is 2.50. The summed E-state index contributed by atoms with van der Waals surface area (Å²) >= 11 is 5.97. The second-order valence-corrected chi connectivity index (χ2v) is 5.60. The highest BCUT2D eigenvalue weighted by Gasteiger charge is 2.15. The van der Waals surface area contributed by atoms with Crippen LogP contribution in [0.3, 0.4) is 0 Å². The molecule has 0 aliphatic carbocycles. The van der Waals surface area contributed by atoms with E-state index in [2.05, 4.69) is 6.07 Å². The fraction of sp³-hybridized carbons (Fsp3) is 0.600. The third-order valence-electron chi connectivity index (χ3n) is 3.52. The van der Waals surface area contributed by atoms with Crippen LogP contribution in [0.2, 0.25) is 5.02 Å². The van der Waals surface area contributed by atoms with E-state index in [1.54, 1.807) is 0 Å². The zero-order valence-corrected chi connectivity index (χ0v) is 11.5. The molecule has 2 N–H and O–H groups in total. The van der Waals surface area contributed by atoms with Crippen LogP contribution in [-0.2, 0) is 11.2 Å². The fourth-order valence-corrected chi connectivity index (χ4v) is 2.72. The molecule has 100 valence electrons. The van der Waals surface area contributed by atoms with Crippen molar-refractivity contribution in [2.75, 3.05) is 6.61 Å². The predicted octanol–water partition coefficient (Wildman–Crippen LogP) is 3.56. The summed E-state index contributed by atoms with van der Waals surface area (Å²) in [6.45, 7) is 0.925. The lowest BCUT2D eigenvalue weighted by Crippen LogP contribution is -2.27. The van der Waals surface area contributed by atoms with Crippen molar-refractivity contribution in [2.24, 2.45) is 5.73 Å². The van der Waals surface area contributed by atoms with E-state index in [4.69, 9.17) is 22.1 Å². The van der Waals surface area contributed by atoms with Crippen LogP contribution in [-0.4, -0.2) is 18.8 Å². The minimum absolute atomic E-state index is 0.203. The Morgan fingerprint density at radius 1 is 1.39 bits per heavy atom. The molecule has 3 heteroatoms. The molecule has 2 unspecified atom stereocenters. The van der Waals surface area contributed by atoms with Crippen molar-refractivity contribution in [1.82, 2.24) is 0 Å². The van der Waals surface area contributed by atoms with Crippen molar-refractivity contribution >= 4 is 11.6 Å². The topological polar surface area (TPSA) is 35.2 Å². The summed E-state index contributed by atoms with van der Waals surface area (Å²) in [7, 11) is 0. The molecule has 0 aromatic heterocycles. The Balaban J connectivity index is 1.72. The van der Waals surface area contributed by atoms with E-state index < -0.39 is 0 Å². The van der Waals surface area contributed by atoms with Crippen molar-refractivity contribution in [2.45, 2.75) is 50.7 Å². The third kappa shape index (κ3) is 4.60. The Labute approximate surface area is 114 Å². The van der Waals surface area contributed by atoms with Crippen molar-refractivity contribution in [3.8, 4) is 0 Å². The summed E-state index contributed by atoms with van der Waals surface area (Å²) in [5, 5.41) is 0.787. The summed E-state index contributed by atoms with van der Waals surface area (Å²) < 4.78 is 5.72. The average Bonchev–Trinajstić information content (AvgIpc) is 2.38. The lowest BCUT2D eigenvalue weighted by molar-refractivity contribution is 0.00915. The Bertz CT molecular complexity index is 363. The number of hydrogen-bond acceptors (Lipinski definition) is 2. The van der Waals surface area contributed by atoms with Crippen LogP contribution in [0.25, 0.3) is 0 Å². The summed E-state index contributed by atoms with van der Waals surface area (Å²) in [4.78, 5) is 0. The van der Waals surface area contributed by atoms with Gasteiger partial charge in [0.15, 0.2) is 0 Å². The van der Waals surface area contributed by atoms with Gasteiger partial charge in [-0.3, -0.25) is 0 Å². The molecule has 1 saturated heterocycles. The molecule has 1 heterocycles. The minimum Gasteiger partial charge on any atom is -0.378 e. The van der Waals surface area contributed by atoms with Gasteiger partial charge in [-0.25, -0.2) is 0 Å². The standard InChI is InChI=1S/C15H22ClNO/c16-13-5-3-4-12(10-13)11-14(17)7-8-15-6-1-2-9-18-15/h3-5,10,14-15H,1-2,6-9,11,17H2. The van der Waals surface area contributed by atoms with Gasteiger partial charge in [0, 0.05) is 17.7 Å². The minimum atomic E-state index is 0.203. The van der Waals surface area contributed by atoms with Gasteiger partial charge in [-0.1, -0.05) is 23.7 Å². The van der Waals surface area contributed by atoms with Gasteiger partial charge in [-0.2, -0.15) is 0 Å². The predicted molar refractivity (Wildman–Crippen MR) is 76.0 cm³/mol. The molecule has 1 aromatic carbocycles.